The number of hydrogen-bond donors (Lipinski definition) is 1. The first-order chi connectivity index (χ1) is 8.20. The van der Waals surface area contributed by atoms with E-state index < -0.39 is 0 Å². The smallest absolute Gasteiger partial charge is 0.121 e. The van der Waals surface area contributed by atoms with E-state index in [1.54, 1.807) is 7.11 Å². The van der Waals surface area contributed by atoms with Gasteiger partial charge in [0.2, 0.25) is 0 Å². The van der Waals surface area contributed by atoms with E-state index in [-0.39, 0.29) is 0 Å². The normalized spacial score (nSPS) is 24.4. The molecular formula is C15H23NO. The van der Waals surface area contributed by atoms with Crippen LogP contribution in [0.2, 0.25) is 0 Å². The van der Waals surface area contributed by atoms with Crippen LogP contribution in [-0.2, 0) is 0 Å². The maximum absolute atomic E-state index is 5.28. The van der Waals surface area contributed by atoms with Crippen LogP contribution in [0, 0.1) is 12.8 Å². The first-order valence-electron chi connectivity index (χ1n) is 6.62. The molecule has 2 heteroatoms. The fraction of sp³-hybridized carbons (Fsp3) is 0.600. The van der Waals surface area contributed by atoms with E-state index in [9.17, 15) is 0 Å². The summed E-state index contributed by atoms with van der Waals surface area (Å²) in [5, 5.41) is 3.67. The molecule has 1 aliphatic rings. The molecule has 0 bridgehead atoms. The third-order valence-corrected chi connectivity index (χ3v) is 3.86. The quantitative estimate of drug-likeness (QED) is 0.852. The van der Waals surface area contributed by atoms with Gasteiger partial charge in [0.05, 0.1) is 7.11 Å². The Morgan fingerprint density at radius 2 is 2.00 bits per heavy atom. The van der Waals surface area contributed by atoms with Crippen molar-refractivity contribution in [3.05, 3.63) is 23.8 Å². The summed E-state index contributed by atoms with van der Waals surface area (Å²) in [6.45, 7) is 4.45. The lowest BCUT2D eigenvalue weighted by atomic mass is 9.86. The number of nitrogens with one attached hydrogen (secondary N) is 1. The van der Waals surface area contributed by atoms with Crippen LogP contribution in [0.3, 0.4) is 0 Å². The maximum atomic E-state index is 5.28. The van der Waals surface area contributed by atoms with E-state index in [1.807, 2.05) is 6.07 Å². The molecule has 1 fully saturated rings. The fourth-order valence-electron chi connectivity index (χ4n) is 2.71. The van der Waals surface area contributed by atoms with Gasteiger partial charge < -0.3 is 10.1 Å². The highest BCUT2D eigenvalue weighted by molar-refractivity contribution is 5.51. The van der Waals surface area contributed by atoms with Crippen LogP contribution in [0.5, 0.6) is 5.75 Å². The first kappa shape index (κ1) is 12.3. The molecule has 0 aromatic heterocycles. The Balaban J connectivity index is 2.05. The maximum Gasteiger partial charge on any atom is 0.121 e. The van der Waals surface area contributed by atoms with E-state index in [0.717, 1.165) is 11.7 Å². The van der Waals surface area contributed by atoms with Crippen molar-refractivity contribution in [2.24, 2.45) is 5.92 Å². The zero-order valence-corrected chi connectivity index (χ0v) is 11.1. The van der Waals surface area contributed by atoms with Crippen LogP contribution in [0.4, 0.5) is 5.69 Å². The van der Waals surface area contributed by atoms with Crippen molar-refractivity contribution in [1.82, 2.24) is 0 Å². The van der Waals surface area contributed by atoms with Gasteiger partial charge >= 0.3 is 0 Å². The lowest BCUT2D eigenvalue weighted by Gasteiger charge is -2.30. The molecule has 2 atom stereocenters. The van der Waals surface area contributed by atoms with Gasteiger partial charge in [0.25, 0.3) is 0 Å². The number of ether oxygens (including phenoxy) is 1. The zero-order valence-electron chi connectivity index (χ0n) is 11.1. The van der Waals surface area contributed by atoms with Gasteiger partial charge in [-0.05, 0) is 49.4 Å². The second-order valence-corrected chi connectivity index (χ2v) is 5.20. The van der Waals surface area contributed by atoms with Gasteiger partial charge in [0, 0.05) is 11.7 Å². The van der Waals surface area contributed by atoms with Crippen molar-refractivity contribution in [3.63, 3.8) is 0 Å². The Hall–Kier alpha value is -1.18. The average molecular weight is 233 g/mol. The molecule has 2 unspecified atom stereocenters. The lowest BCUT2D eigenvalue weighted by molar-refractivity contribution is 0.349. The van der Waals surface area contributed by atoms with Gasteiger partial charge in [-0.2, -0.15) is 0 Å². The van der Waals surface area contributed by atoms with E-state index >= 15 is 0 Å². The topological polar surface area (TPSA) is 21.3 Å². The third-order valence-electron chi connectivity index (χ3n) is 3.86. The minimum Gasteiger partial charge on any atom is -0.496 e. The molecule has 1 N–H and O–H groups in total. The molecule has 1 aliphatic carbocycles. The number of benzene rings is 1. The molecular weight excluding hydrogens is 210 g/mol. The molecule has 0 amide bonds. The Labute approximate surface area is 104 Å². The molecule has 17 heavy (non-hydrogen) atoms. The molecule has 0 heterocycles. The Kier molecular flexibility index (Phi) is 3.93. The number of rotatable bonds is 3. The minimum atomic E-state index is 0.636. The molecule has 94 valence electrons. The first-order valence-corrected chi connectivity index (χ1v) is 6.62. The summed E-state index contributed by atoms with van der Waals surface area (Å²) in [7, 11) is 1.72. The molecule has 2 rings (SSSR count). The van der Waals surface area contributed by atoms with Crippen LogP contribution < -0.4 is 10.1 Å². The molecule has 0 aliphatic heterocycles. The van der Waals surface area contributed by atoms with E-state index in [0.29, 0.717) is 6.04 Å². The molecule has 0 spiro atoms. The van der Waals surface area contributed by atoms with Crippen molar-refractivity contribution in [1.29, 1.82) is 0 Å². The number of methoxy groups -OCH3 is 1. The second-order valence-electron chi connectivity index (χ2n) is 5.20. The number of hydrogen-bond acceptors (Lipinski definition) is 2. The summed E-state index contributed by atoms with van der Waals surface area (Å²) in [6, 6.07) is 6.98. The molecule has 2 nitrogen and oxygen atoms in total. The van der Waals surface area contributed by atoms with Crippen molar-refractivity contribution < 1.29 is 4.74 Å². The highest BCUT2D eigenvalue weighted by atomic mass is 16.5. The summed E-state index contributed by atoms with van der Waals surface area (Å²) in [5.74, 6) is 1.75. The highest BCUT2D eigenvalue weighted by Crippen LogP contribution is 2.28. The standard InChI is InChI=1S/C15H23NO/c1-11-6-4-5-7-14(11)16-13-8-9-15(17-3)12(2)10-13/h8-11,14,16H,4-7H2,1-3H3. The highest BCUT2D eigenvalue weighted by Gasteiger charge is 2.20. The molecule has 1 aromatic rings. The Morgan fingerprint density at radius 3 is 2.65 bits per heavy atom. The van der Waals surface area contributed by atoms with E-state index in [4.69, 9.17) is 4.74 Å². The molecule has 1 saturated carbocycles. The van der Waals surface area contributed by atoms with Gasteiger partial charge in [0.15, 0.2) is 0 Å². The number of aryl methyl sites for hydroxylation is 1. The van der Waals surface area contributed by atoms with Gasteiger partial charge in [-0.3, -0.25) is 0 Å². The van der Waals surface area contributed by atoms with Crippen molar-refractivity contribution in [2.75, 3.05) is 12.4 Å². The largest absolute Gasteiger partial charge is 0.496 e. The van der Waals surface area contributed by atoms with Gasteiger partial charge in [-0.15, -0.1) is 0 Å². The van der Waals surface area contributed by atoms with Gasteiger partial charge in [-0.25, -0.2) is 0 Å². The lowest BCUT2D eigenvalue weighted by Crippen LogP contribution is -2.30. The second kappa shape index (κ2) is 5.44. The van der Waals surface area contributed by atoms with Crippen LogP contribution in [-0.4, -0.2) is 13.2 Å². The summed E-state index contributed by atoms with van der Waals surface area (Å²) in [5.41, 5.74) is 2.42. The summed E-state index contributed by atoms with van der Waals surface area (Å²) in [6.07, 6.45) is 5.40. The third kappa shape index (κ3) is 2.93. The predicted molar refractivity (Wildman–Crippen MR) is 72.8 cm³/mol. The summed E-state index contributed by atoms with van der Waals surface area (Å²) in [4.78, 5) is 0. The van der Waals surface area contributed by atoms with Crippen LogP contribution in [0.1, 0.15) is 38.2 Å². The van der Waals surface area contributed by atoms with Gasteiger partial charge in [-0.1, -0.05) is 19.8 Å². The van der Waals surface area contributed by atoms with Crippen molar-refractivity contribution in [2.45, 2.75) is 45.6 Å². The SMILES string of the molecule is COc1ccc(NC2CCCCC2C)cc1C. The molecule has 1 aromatic carbocycles. The minimum absolute atomic E-state index is 0.636. The van der Waals surface area contributed by atoms with Gasteiger partial charge in [0.1, 0.15) is 5.75 Å². The van der Waals surface area contributed by atoms with E-state index in [1.165, 1.54) is 36.9 Å². The Morgan fingerprint density at radius 1 is 1.24 bits per heavy atom. The van der Waals surface area contributed by atoms with E-state index in [2.05, 4.69) is 31.3 Å². The van der Waals surface area contributed by atoms with Crippen LogP contribution >= 0.6 is 0 Å². The van der Waals surface area contributed by atoms with Crippen LogP contribution in [0.25, 0.3) is 0 Å². The van der Waals surface area contributed by atoms with Crippen molar-refractivity contribution in [3.8, 4) is 5.75 Å². The summed E-state index contributed by atoms with van der Waals surface area (Å²) < 4.78 is 5.28. The fourth-order valence-corrected chi connectivity index (χ4v) is 2.71. The average Bonchev–Trinajstić information content (AvgIpc) is 2.32. The molecule has 0 radical (unpaired) electrons. The predicted octanol–water partition coefficient (Wildman–Crippen LogP) is 3.99. The van der Waals surface area contributed by atoms with Crippen molar-refractivity contribution >= 4 is 5.69 Å². The summed E-state index contributed by atoms with van der Waals surface area (Å²) >= 11 is 0. The Bertz CT molecular complexity index is 375. The molecule has 0 saturated heterocycles. The monoisotopic (exact) mass is 233 g/mol. The van der Waals surface area contributed by atoms with Crippen LogP contribution in [0.15, 0.2) is 18.2 Å². The number of anilines is 1. The zero-order chi connectivity index (χ0) is 12.3.